The molecule has 0 N–H and O–H groups in total. The molecule has 1 saturated heterocycles. The van der Waals surface area contributed by atoms with Gasteiger partial charge < -0.3 is 4.40 Å². The Hall–Kier alpha value is -3.40. The summed E-state index contributed by atoms with van der Waals surface area (Å²) in [5, 5.41) is 13.6. The lowest BCUT2D eigenvalue weighted by Gasteiger charge is -2.14. The summed E-state index contributed by atoms with van der Waals surface area (Å²) in [4.78, 5) is 26.4. The average Bonchev–Trinajstić information content (AvgIpc) is 3.27. The number of pyridine rings is 1. The van der Waals surface area contributed by atoms with E-state index in [-0.39, 0.29) is 30.7 Å². The van der Waals surface area contributed by atoms with Crippen LogP contribution in [0.2, 0.25) is 0 Å². The molecule has 4 heterocycles. The van der Waals surface area contributed by atoms with Gasteiger partial charge in [0.1, 0.15) is 6.07 Å². The second kappa shape index (κ2) is 6.15. The first-order valence-corrected chi connectivity index (χ1v) is 8.37. The predicted octanol–water partition coefficient (Wildman–Crippen LogP) is 1.66. The minimum Gasteiger partial charge on any atom is -0.322 e. The van der Waals surface area contributed by atoms with Crippen molar-refractivity contribution in [3.63, 3.8) is 0 Å². The van der Waals surface area contributed by atoms with Crippen LogP contribution in [0.15, 0.2) is 43.0 Å². The van der Waals surface area contributed by atoms with Crippen LogP contribution in [0.1, 0.15) is 23.1 Å². The van der Waals surface area contributed by atoms with Crippen LogP contribution < -0.4 is 0 Å². The molecule has 0 aliphatic carbocycles. The molecule has 0 bridgehead atoms. The molecule has 1 aliphatic rings. The smallest absolute Gasteiger partial charge is 0.233 e. The quantitative estimate of drug-likeness (QED) is 0.672. The van der Waals surface area contributed by atoms with Crippen molar-refractivity contribution in [1.29, 1.82) is 5.26 Å². The molecular formula is C19H17N5O2. The zero-order valence-electron chi connectivity index (χ0n) is 14.3. The number of fused-ring (bicyclic) bond motifs is 1. The molecule has 1 fully saturated rings. The third-order valence-corrected chi connectivity index (χ3v) is 4.78. The third kappa shape index (κ3) is 2.65. The van der Waals surface area contributed by atoms with Gasteiger partial charge in [0, 0.05) is 37.6 Å². The molecule has 1 aliphatic heterocycles. The van der Waals surface area contributed by atoms with E-state index in [1.165, 1.54) is 4.90 Å². The number of likely N-dealkylation sites (tertiary alicyclic amines) is 1. The molecule has 2 amide bonds. The summed E-state index contributed by atoms with van der Waals surface area (Å²) in [7, 11) is 1.82. The second-order valence-corrected chi connectivity index (χ2v) is 6.58. The number of nitrogens with zero attached hydrogens (tertiary/aromatic N) is 5. The number of aromatic nitrogens is 3. The molecule has 7 heteroatoms. The van der Waals surface area contributed by atoms with Gasteiger partial charge in [-0.05, 0) is 24.1 Å². The molecule has 0 radical (unpaired) electrons. The van der Waals surface area contributed by atoms with Crippen molar-refractivity contribution in [2.75, 3.05) is 0 Å². The summed E-state index contributed by atoms with van der Waals surface area (Å²) >= 11 is 0. The number of carbonyl (C=O) groups is 2. The van der Waals surface area contributed by atoms with E-state index in [9.17, 15) is 14.9 Å². The van der Waals surface area contributed by atoms with E-state index < -0.39 is 0 Å². The van der Waals surface area contributed by atoms with E-state index in [4.69, 9.17) is 0 Å². The summed E-state index contributed by atoms with van der Waals surface area (Å²) in [5.74, 6) is -0.740. The van der Waals surface area contributed by atoms with Crippen molar-refractivity contribution in [2.45, 2.75) is 19.4 Å². The molecule has 4 rings (SSSR count). The zero-order chi connectivity index (χ0) is 18.3. The number of hydrogen-bond acceptors (Lipinski definition) is 4. The molecule has 7 nitrogen and oxygen atoms in total. The van der Waals surface area contributed by atoms with Gasteiger partial charge in [-0.25, -0.2) is 0 Å². The maximum atomic E-state index is 12.7. The second-order valence-electron chi connectivity index (χ2n) is 6.58. The zero-order valence-corrected chi connectivity index (χ0v) is 14.3. The van der Waals surface area contributed by atoms with Gasteiger partial charge in [-0.3, -0.25) is 19.2 Å². The Morgan fingerprint density at radius 2 is 2.15 bits per heavy atom. The van der Waals surface area contributed by atoms with Gasteiger partial charge in [0.05, 0.1) is 29.7 Å². The monoisotopic (exact) mass is 347 g/mol. The number of aryl methyl sites for hydroxylation is 1. The van der Waals surface area contributed by atoms with Crippen molar-refractivity contribution in [3.8, 4) is 6.07 Å². The molecule has 0 aromatic carbocycles. The van der Waals surface area contributed by atoms with E-state index in [0.717, 1.165) is 11.1 Å². The Morgan fingerprint density at radius 1 is 1.31 bits per heavy atom. The first kappa shape index (κ1) is 16.1. The standard InChI is InChI=1S/C19H17N5O2/c1-22-10-13(9-21-22)6-14-7-18(25)24(19(14)26)12-15-11-23-5-3-2-4-17(23)16(15)8-20/h2-5,9-11,14H,6-7,12H2,1H3/t14-/m1/s1. The van der Waals surface area contributed by atoms with Gasteiger partial charge in [-0.2, -0.15) is 10.4 Å². The largest absolute Gasteiger partial charge is 0.322 e. The highest BCUT2D eigenvalue weighted by Gasteiger charge is 2.39. The Kier molecular flexibility index (Phi) is 3.81. The lowest BCUT2D eigenvalue weighted by Crippen LogP contribution is -2.30. The van der Waals surface area contributed by atoms with Crippen molar-refractivity contribution < 1.29 is 9.59 Å². The van der Waals surface area contributed by atoms with Gasteiger partial charge in [0.25, 0.3) is 0 Å². The highest BCUT2D eigenvalue weighted by Crippen LogP contribution is 2.27. The van der Waals surface area contributed by atoms with Gasteiger partial charge >= 0.3 is 0 Å². The topological polar surface area (TPSA) is 83.4 Å². The van der Waals surface area contributed by atoms with Crippen LogP contribution in [0.3, 0.4) is 0 Å². The highest BCUT2D eigenvalue weighted by molar-refractivity contribution is 6.03. The minimum atomic E-state index is -0.366. The van der Waals surface area contributed by atoms with Crippen LogP contribution in [0.25, 0.3) is 5.52 Å². The van der Waals surface area contributed by atoms with E-state index in [1.54, 1.807) is 10.9 Å². The SMILES string of the molecule is Cn1cc(C[C@@H]2CC(=O)N(Cc3cn4ccccc4c3C#N)C2=O)cn1. The van der Waals surface area contributed by atoms with Gasteiger partial charge in [-0.1, -0.05) is 6.07 Å². The molecular weight excluding hydrogens is 330 g/mol. The van der Waals surface area contributed by atoms with Crippen LogP contribution in [-0.4, -0.2) is 30.9 Å². The summed E-state index contributed by atoms with van der Waals surface area (Å²) in [6, 6.07) is 7.77. The fraction of sp³-hybridized carbons (Fsp3) is 0.263. The number of carbonyl (C=O) groups excluding carboxylic acids is 2. The van der Waals surface area contributed by atoms with Gasteiger partial charge in [0.2, 0.25) is 11.8 Å². The molecule has 0 spiro atoms. The van der Waals surface area contributed by atoms with E-state index in [0.29, 0.717) is 17.5 Å². The van der Waals surface area contributed by atoms with E-state index >= 15 is 0 Å². The Bertz CT molecular complexity index is 1060. The van der Waals surface area contributed by atoms with Crippen molar-refractivity contribution >= 4 is 17.3 Å². The van der Waals surface area contributed by atoms with Gasteiger partial charge in [-0.15, -0.1) is 0 Å². The fourth-order valence-corrected chi connectivity index (χ4v) is 3.54. The van der Waals surface area contributed by atoms with Crippen LogP contribution in [0.4, 0.5) is 0 Å². The first-order valence-electron chi connectivity index (χ1n) is 8.37. The summed E-state index contributed by atoms with van der Waals surface area (Å²) in [6.07, 6.45) is 7.92. The van der Waals surface area contributed by atoms with Crippen LogP contribution in [0.5, 0.6) is 0 Å². The first-order chi connectivity index (χ1) is 12.6. The fourth-order valence-electron chi connectivity index (χ4n) is 3.54. The number of imide groups is 1. The van der Waals surface area contributed by atoms with E-state index in [1.807, 2.05) is 48.2 Å². The number of hydrogen-bond donors (Lipinski definition) is 0. The Balaban J connectivity index is 1.58. The maximum absolute atomic E-state index is 12.7. The predicted molar refractivity (Wildman–Crippen MR) is 92.7 cm³/mol. The lowest BCUT2D eigenvalue weighted by atomic mass is 10.0. The lowest BCUT2D eigenvalue weighted by molar-refractivity contribution is -0.140. The third-order valence-electron chi connectivity index (χ3n) is 4.78. The average molecular weight is 347 g/mol. The van der Waals surface area contributed by atoms with Crippen LogP contribution in [-0.2, 0) is 29.6 Å². The van der Waals surface area contributed by atoms with Crippen LogP contribution >= 0.6 is 0 Å². The van der Waals surface area contributed by atoms with Crippen LogP contribution in [0, 0.1) is 17.2 Å². The molecule has 26 heavy (non-hydrogen) atoms. The number of rotatable bonds is 4. The molecule has 1 atom stereocenters. The van der Waals surface area contributed by atoms with Crippen molar-refractivity contribution in [3.05, 3.63) is 59.7 Å². The molecule has 130 valence electrons. The number of nitriles is 1. The molecule has 3 aromatic heterocycles. The maximum Gasteiger partial charge on any atom is 0.233 e. The summed E-state index contributed by atoms with van der Waals surface area (Å²) in [5.41, 5.74) is 2.90. The molecule has 0 unspecified atom stereocenters. The van der Waals surface area contributed by atoms with Crippen molar-refractivity contribution in [1.82, 2.24) is 19.1 Å². The summed E-state index contributed by atoms with van der Waals surface area (Å²) in [6.45, 7) is 0.131. The number of amides is 2. The molecule has 0 saturated carbocycles. The minimum absolute atomic E-state index is 0.131. The van der Waals surface area contributed by atoms with Crippen molar-refractivity contribution in [2.24, 2.45) is 13.0 Å². The Labute approximate surface area is 150 Å². The highest BCUT2D eigenvalue weighted by atomic mass is 16.2. The van der Waals surface area contributed by atoms with E-state index in [2.05, 4.69) is 11.2 Å². The summed E-state index contributed by atoms with van der Waals surface area (Å²) < 4.78 is 3.52. The normalized spacial score (nSPS) is 17.2. The Morgan fingerprint density at radius 3 is 2.88 bits per heavy atom. The van der Waals surface area contributed by atoms with Gasteiger partial charge in [0.15, 0.2) is 0 Å². The molecule has 3 aromatic rings.